The van der Waals surface area contributed by atoms with E-state index >= 15 is 0 Å². The first-order valence-electron chi connectivity index (χ1n) is 4.07. The summed E-state index contributed by atoms with van der Waals surface area (Å²) in [4.78, 5) is 4.06. The molecule has 0 aliphatic carbocycles. The van der Waals surface area contributed by atoms with E-state index in [0.29, 0.717) is 0 Å². The van der Waals surface area contributed by atoms with E-state index in [2.05, 4.69) is 31.5 Å². The molecule has 1 nitrogen and oxygen atoms in total. The molecule has 62 valence electrons. The number of allylic oxidation sites excluding steroid dienone is 3. The molecule has 0 aliphatic rings. The van der Waals surface area contributed by atoms with Crippen molar-refractivity contribution in [3.63, 3.8) is 0 Å². The molecule has 0 saturated heterocycles. The Morgan fingerprint density at radius 2 is 1.91 bits per heavy atom. The Labute approximate surface area is 69.5 Å². The molecule has 0 aromatic heterocycles. The number of hydrogen-bond donors (Lipinski definition) is 0. The van der Waals surface area contributed by atoms with Crippen molar-refractivity contribution in [1.82, 2.24) is 0 Å². The van der Waals surface area contributed by atoms with Crippen molar-refractivity contribution >= 4 is 5.71 Å². The van der Waals surface area contributed by atoms with Crippen LogP contribution in [0.15, 0.2) is 29.3 Å². The fraction of sp³-hybridized carbons (Fsp3) is 0.500. The fourth-order valence-electron chi connectivity index (χ4n) is 0.878. The molecule has 1 heteroatoms. The SMILES string of the molecule is C=CC(C=C(CC)CC)=NC. The molecule has 0 N–H and O–H groups in total. The Morgan fingerprint density at radius 1 is 1.36 bits per heavy atom. The smallest absolute Gasteiger partial charge is 0.0564 e. The Bertz CT molecular complexity index is 169. The molecule has 0 heterocycles. The summed E-state index contributed by atoms with van der Waals surface area (Å²) in [6, 6.07) is 0. The molecular formula is C10H17N. The molecule has 0 saturated carbocycles. The van der Waals surface area contributed by atoms with Crippen LogP contribution in [0.1, 0.15) is 26.7 Å². The maximum Gasteiger partial charge on any atom is 0.0564 e. The van der Waals surface area contributed by atoms with E-state index in [0.717, 1.165) is 18.6 Å². The number of rotatable bonds is 4. The zero-order chi connectivity index (χ0) is 8.69. The van der Waals surface area contributed by atoms with Crippen LogP contribution in [0.2, 0.25) is 0 Å². The molecule has 0 aliphatic heterocycles. The maximum absolute atomic E-state index is 4.06. The van der Waals surface area contributed by atoms with E-state index in [1.807, 2.05) is 0 Å². The third kappa shape index (κ3) is 3.76. The van der Waals surface area contributed by atoms with Gasteiger partial charge in [0.05, 0.1) is 5.71 Å². The minimum Gasteiger partial charge on any atom is -0.289 e. The third-order valence-corrected chi connectivity index (χ3v) is 1.73. The van der Waals surface area contributed by atoms with Gasteiger partial charge in [-0.1, -0.05) is 26.0 Å². The van der Waals surface area contributed by atoms with Gasteiger partial charge in [0.2, 0.25) is 0 Å². The fourth-order valence-corrected chi connectivity index (χ4v) is 0.878. The van der Waals surface area contributed by atoms with Gasteiger partial charge in [-0.3, -0.25) is 4.99 Å². The minimum atomic E-state index is 0.976. The van der Waals surface area contributed by atoms with E-state index in [9.17, 15) is 0 Å². The second kappa shape index (κ2) is 5.90. The zero-order valence-electron chi connectivity index (χ0n) is 7.72. The molecule has 0 rings (SSSR count). The number of nitrogens with zero attached hydrogens (tertiary/aromatic N) is 1. The van der Waals surface area contributed by atoms with Crippen LogP contribution in [0, 0.1) is 0 Å². The van der Waals surface area contributed by atoms with Gasteiger partial charge in [0.1, 0.15) is 0 Å². The normalized spacial score (nSPS) is 11.0. The van der Waals surface area contributed by atoms with Crippen LogP contribution in [-0.4, -0.2) is 12.8 Å². The molecule has 11 heavy (non-hydrogen) atoms. The monoisotopic (exact) mass is 151 g/mol. The number of hydrogen-bond acceptors (Lipinski definition) is 1. The highest BCUT2D eigenvalue weighted by molar-refractivity contribution is 6.03. The Morgan fingerprint density at radius 3 is 2.18 bits per heavy atom. The van der Waals surface area contributed by atoms with Crippen LogP contribution < -0.4 is 0 Å². The van der Waals surface area contributed by atoms with E-state index in [4.69, 9.17) is 0 Å². The summed E-state index contributed by atoms with van der Waals surface area (Å²) < 4.78 is 0. The summed E-state index contributed by atoms with van der Waals surface area (Å²) in [6.45, 7) is 7.99. The van der Waals surface area contributed by atoms with Gasteiger partial charge in [0, 0.05) is 7.05 Å². The molecule has 0 amide bonds. The van der Waals surface area contributed by atoms with Crippen molar-refractivity contribution < 1.29 is 0 Å². The average Bonchev–Trinajstić information content (AvgIpc) is 2.07. The second-order valence-corrected chi connectivity index (χ2v) is 2.36. The van der Waals surface area contributed by atoms with E-state index in [-0.39, 0.29) is 0 Å². The summed E-state index contributed by atoms with van der Waals surface area (Å²) in [5, 5.41) is 0. The third-order valence-electron chi connectivity index (χ3n) is 1.73. The Hall–Kier alpha value is -0.850. The first-order chi connectivity index (χ1) is 5.28. The van der Waals surface area contributed by atoms with Crippen molar-refractivity contribution in [2.45, 2.75) is 26.7 Å². The van der Waals surface area contributed by atoms with Gasteiger partial charge in [0.15, 0.2) is 0 Å². The summed E-state index contributed by atoms with van der Waals surface area (Å²) in [7, 11) is 1.79. The van der Waals surface area contributed by atoms with E-state index in [1.54, 1.807) is 13.1 Å². The molecule has 0 unspecified atom stereocenters. The van der Waals surface area contributed by atoms with Crippen molar-refractivity contribution in [2.75, 3.05) is 7.05 Å². The first-order valence-corrected chi connectivity index (χ1v) is 4.07. The lowest BCUT2D eigenvalue weighted by Crippen LogP contribution is -1.89. The van der Waals surface area contributed by atoms with Crippen LogP contribution in [0.3, 0.4) is 0 Å². The van der Waals surface area contributed by atoms with Crippen molar-refractivity contribution in [2.24, 2.45) is 4.99 Å². The zero-order valence-corrected chi connectivity index (χ0v) is 7.72. The highest BCUT2D eigenvalue weighted by Crippen LogP contribution is 2.05. The lowest BCUT2D eigenvalue weighted by atomic mass is 10.1. The summed E-state index contributed by atoms with van der Waals surface area (Å²) in [5.41, 5.74) is 2.40. The van der Waals surface area contributed by atoms with Gasteiger partial charge in [-0.2, -0.15) is 0 Å². The van der Waals surface area contributed by atoms with Crippen molar-refractivity contribution in [3.05, 3.63) is 24.3 Å². The first kappa shape index (κ1) is 10.2. The standard InChI is InChI=1S/C10H17N/c1-5-9(6-2)8-10(7-3)11-4/h7-8H,3,5-6H2,1-2,4H3. The van der Waals surface area contributed by atoms with Gasteiger partial charge >= 0.3 is 0 Å². The van der Waals surface area contributed by atoms with Crippen LogP contribution >= 0.6 is 0 Å². The van der Waals surface area contributed by atoms with Gasteiger partial charge in [-0.15, -0.1) is 0 Å². The molecule has 0 aromatic rings. The lowest BCUT2D eigenvalue weighted by molar-refractivity contribution is 0.980. The van der Waals surface area contributed by atoms with E-state index < -0.39 is 0 Å². The molecule has 0 atom stereocenters. The molecule has 0 spiro atoms. The van der Waals surface area contributed by atoms with Gasteiger partial charge in [-0.25, -0.2) is 0 Å². The molecule has 0 bridgehead atoms. The number of aliphatic imine (C=N–C) groups is 1. The highest BCUT2D eigenvalue weighted by atomic mass is 14.7. The predicted octanol–water partition coefficient (Wildman–Crippen LogP) is 2.99. The largest absolute Gasteiger partial charge is 0.289 e. The summed E-state index contributed by atoms with van der Waals surface area (Å²) in [5.74, 6) is 0. The average molecular weight is 151 g/mol. The van der Waals surface area contributed by atoms with Gasteiger partial charge in [-0.05, 0) is 25.0 Å². The van der Waals surface area contributed by atoms with Crippen molar-refractivity contribution in [1.29, 1.82) is 0 Å². The van der Waals surface area contributed by atoms with Crippen LogP contribution in [0.25, 0.3) is 0 Å². The summed E-state index contributed by atoms with van der Waals surface area (Å²) in [6.07, 6.45) is 6.09. The van der Waals surface area contributed by atoms with Crippen molar-refractivity contribution in [3.8, 4) is 0 Å². The molecule has 0 fully saturated rings. The topological polar surface area (TPSA) is 12.4 Å². The van der Waals surface area contributed by atoms with Gasteiger partial charge < -0.3 is 0 Å². The highest BCUT2D eigenvalue weighted by Gasteiger charge is 1.91. The lowest BCUT2D eigenvalue weighted by Gasteiger charge is -1.98. The molecule has 0 aromatic carbocycles. The Balaban J connectivity index is 4.35. The van der Waals surface area contributed by atoms with Crippen LogP contribution in [-0.2, 0) is 0 Å². The van der Waals surface area contributed by atoms with Gasteiger partial charge in [0.25, 0.3) is 0 Å². The molecule has 0 radical (unpaired) electrons. The van der Waals surface area contributed by atoms with Crippen LogP contribution in [0.4, 0.5) is 0 Å². The minimum absolute atomic E-state index is 0.976. The predicted molar refractivity (Wildman–Crippen MR) is 52.2 cm³/mol. The van der Waals surface area contributed by atoms with Crippen LogP contribution in [0.5, 0.6) is 0 Å². The molecular weight excluding hydrogens is 134 g/mol. The quantitative estimate of drug-likeness (QED) is 0.548. The summed E-state index contributed by atoms with van der Waals surface area (Å²) >= 11 is 0. The maximum atomic E-state index is 4.06. The van der Waals surface area contributed by atoms with E-state index in [1.165, 1.54) is 5.57 Å². The Kier molecular flexibility index (Phi) is 5.44. The second-order valence-electron chi connectivity index (χ2n) is 2.36.